The summed E-state index contributed by atoms with van der Waals surface area (Å²) < 4.78 is 5.26. The largest absolute Gasteiger partial charge is 0.474 e. The molecule has 5 nitrogen and oxygen atoms in total. The van der Waals surface area contributed by atoms with Crippen molar-refractivity contribution in [3.63, 3.8) is 0 Å². The summed E-state index contributed by atoms with van der Waals surface area (Å²) in [7, 11) is 0. The maximum absolute atomic E-state index is 8.73. The van der Waals surface area contributed by atoms with Crippen molar-refractivity contribution in [1.82, 2.24) is 9.97 Å². The fourth-order valence-corrected chi connectivity index (χ4v) is 2.48. The molecule has 5 heteroatoms. The molecule has 2 atom stereocenters. The van der Waals surface area contributed by atoms with Crippen LogP contribution in [0.2, 0.25) is 0 Å². The zero-order valence-electron chi connectivity index (χ0n) is 11.5. The fourth-order valence-electron chi connectivity index (χ4n) is 2.48. The molecule has 1 saturated carbocycles. The van der Waals surface area contributed by atoms with Gasteiger partial charge in [-0.05, 0) is 25.2 Å². The van der Waals surface area contributed by atoms with Crippen molar-refractivity contribution in [2.45, 2.75) is 45.1 Å². The summed E-state index contributed by atoms with van der Waals surface area (Å²) in [6, 6.07) is 0.479. The monoisotopic (exact) mass is 265 g/mol. The van der Waals surface area contributed by atoms with Crippen LogP contribution in [0.1, 0.15) is 39.0 Å². The first-order valence-electron chi connectivity index (χ1n) is 7.10. The lowest BCUT2D eigenvalue weighted by molar-refractivity contribution is 0.196. The Kier molecular flexibility index (Phi) is 5.39. The Morgan fingerprint density at radius 3 is 3.05 bits per heavy atom. The van der Waals surface area contributed by atoms with Crippen molar-refractivity contribution in [2.75, 3.05) is 18.5 Å². The first-order valence-corrected chi connectivity index (χ1v) is 7.10. The summed E-state index contributed by atoms with van der Waals surface area (Å²) in [6.45, 7) is 2.56. The van der Waals surface area contributed by atoms with Crippen LogP contribution in [0.5, 0.6) is 5.88 Å². The minimum Gasteiger partial charge on any atom is -0.474 e. The highest BCUT2D eigenvalue weighted by Gasteiger charge is 2.16. The van der Waals surface area contributed by atoms with Crippen molar-refractivity contribution in [2.24, 2.45) is 5.92 Å². The molecule has 1 aliphatic carbocycles. The van der Waals surface area contributed by atoms with Crippen LogP contribution in [0.4, 0.5) is 5.82 Å². The third-order valence-corrected chi connectivity index (χ3v) is 3.56. The van der Waals surface area contributed by atoms with E-state index in [4.69, 9.17) is 9.84 Å². The van der Waals surface area contributed by atoms with Gasteiger partial charge in [0.05, 0.1) is 19.0 Å². The lowest BCUT2D eigenvalue weighted by Gasteiger charge is -2.17. The van der Waals surface area contributed by atoms with Crippen LogP contribution in [0.3, 0.4) is 0 Å². The smallest absolute Gasteiger partial charge is 0.234 e. The van der Waals surface area contributed by atoms with Crippen molar-refractivity contribution in [1.29, 1.82) is 0 Å². The number of aliphatic hydroxyl groups is 1. The number of hydrogen-bond donors (Lipinski definition) is 2. The van der Waals surface area contributed by atoms with E-state index in [2.05, 4.69) is 22.2 Å². The Hall–Kier alpha value is -1.36. The minimum absolute atomic E-state index is 0.0140. The fraction of sp³-hybridized carbons (Fsp3) is 0.714. The molecule has 106 valence electrons. The molecule has 1 aromatic heterocycles. The Morgan fingerprint density at radius 1 is 1.32 bits per heavy atom. The van der Waals surface area contributed by atoms with Gasteiger partial charge in [-0.3, -0.25) is 4.98 Å². The summed E-state index contributed by atoms with van der Waals surface area (Å²) in [4.78, 5) is 8.46. The summed E-state index contributed by atoms with van der Waals surface area (Å²) in [5.41, 5.74) is 0. The maximum atomic E-state index is 8.73. The minimum atomic E-state index is -0.0140. The van der Waals surface area contributed by atoms with E-state index in [1.165, 1.54) is 32.1 Å². The van der Waals surface area contributed by atoms with Crippen molar-refractivity contribution < 1.29 is 9.84 Å². The molecule has 1 aromatic rings. The average Bonchev–Trinajstić information content (AvgIpc) is 2.62. The zero-order valence-corrected chi connectivity index (χ0v) is 11.5. The molecule has 0 radical (unpaired) electrons. The zero-order chi connectivity index (χ0) is 13.5. The lowest BCUT2D eigenvalue weighted by Crippen LogP contribution is -2.19. The van der Waals surface area contributed by atoms with Crippen molar-refractivity contribution in [3.8, 4) is 5.88 Å². The molecule has 0 amide bonds. The molecule has 0 aliphatic heterocycles. The van der Waals surface area contributed by atoms with Crippen LogP contribution in [0.25, 0.3) is 0 Å². The third kappa shape index (κ3) is 4.67. The van der Waals surface area contributed by atoms with Gasteiger partial charge in [-0.1, -0.05) is 19.8 Å². The molecule has 1 fully saturated rings. The van der Waals surface area contributed by atoms with E-state index in [-0.39, 0.29) is 13.2 Å². The summed E-state index contributed by atoms with van der Waals surface area (Å²) >= 11 is 0. The van der Waals surface area contributed by atoms with Gasteiger partial charge < -0.3 is 15.2 Å². The molecule has 1 heterocycles. The average molecular weight is 265 g/mol. The Bertz CT molecular complexity index is 387. The first-order chi connectivity index (χ1) is 9.28. The number of nitrogens with one attached hydrogen (secondary N) is 1. The molecule has 1 aliphatic rings. The highest BCUT2D eigenvalue weighted by molar-refractivity contribution is 5.34. The maximum Gasteiger partial charge on any atom is 0.234 e. The van der Waals surface area contributed by atoms with Gasteiger partial charge in [0, 0.05) is 6.04 Å². The third-order valence-electron chi connectivity index (χ3n) is 3.56. The standard InChI is InChI=1S/C14H23N3O2/c1-11-3-2-4-12(6-5-11)16-13-9-15-10-14(17-13)19-8-7-18/h9-12,18H,2-8H2,1H3,(H,16,17). The number of aromatic nitrogens is 2. The normalized spacial score (nSPS) is 23.7. The molecule has 2 rings (SSSR count). The topological polar surface area (TPSA) is 67.3 Å². The predicted molar refractivity (Wildman–Crippen MR) is 74.3 cm³/mol. The number of rotatable bonds is 5. The highest BCUT2D eigenvalue weighted by Crippen LogP contribution is 2.24. The van der Waals surface area contributed by atoms with Crippen LogP contribution in [0, 0.1) is 5.92 Å². The second kappa shape index (κ2) is 7.28. The van der Waals surface area contributed by atoms with E-state index in [1.807, 2.05) is 0 Å². The summed E-state index contributed by atoms with van der Waals surface area (Å²) in [5.74, 6) is 2.05. The van der Waals surface area contributed by atoms with Gasteiger partial charge in [0.15, 0.2) is 0 Å². The summed E-state index contributed by atoms with van der Waals surface area (Å²) in [5, 5.41) is 12.2. The van der Waals surface area contributed by atoms with E-state index in [0.29, 0.717) is 11.9 Å². The second-order valence-corrected chi connectivity index (χ2v) is 5.27. The molecule has 2 N–H and O–H groups in total. The van der Waals surface area contributed by atoms with E-state index < -0.39 is 0 Å². The predicted octanol–water partition coefficient (Wildman–Crippen LogP) is 2.23. The van der Waals surface area contributed by atoms with Crippen molar-refractivity contribution in [3.05, 3.63) is 12.4 Å². The number of nitrogens with zero attached hydrogens (tertiary/aromatic N) is 2. The van der Waals surface area contributed by atoms with Gasteiger partial charge in [0.1, 0.15) is 12.4 Å². The van der Waals surface area contributed by atoms with E-state index in [0.717, 1.165) is 11.7 Å². The van der Waals surface area contributed by atoms with Gasteiger partial charge in [0.25, 0.3) is 0 Å². The summed E-state index contributed by atoms with van der Waals surface area (Å²) in [6.07, 6.45) is 9.52. The quantitative estimate of drug-likeness (QED) is 0.799. The van der Waals surface area contributed by atoms with Gasteiger partial charge >= 0.3 is 0 Å². The molecular weight excluding hydrogens is 242 g/mol. The van der Waals surface area contributed by atoms with Gasteiger partial charge in [-0.15, -0.1) is 0 Å². The van der Waals surface area contributed by atoms with Crippen LogP contribution in [-0.4, -0.2) is 34.3 Å². The number of hydrogen-bond acceptors (Lipinski definition) is 5. The highest BCUT2D eigenvalue weighted by atomic mass is 16.5. The number of anilines is 1. The van der Waals surface area contributed by atoms with E-state index in [1.54, 1.807) is 12.4 Å². The number of aliphatic hydroxyl groups excluding tert-OH is 1. The van der Waals surface area contributed by atoms with Crippen LogP contribution < -0.4 is 10.1 Å². The molecule has 19 heavy (non-hydrogen) atoms. The molecule has 0 aromatic carbocycles. The molecule has 0 spiro atoms. The van der Waals surface area contributed by atoms with Crippen LogP contribution in [-0.2, 0) is 0 Å². The Morgan fingerprint density at radius 2 is 2.21 bits per heavy atom. The molecule has 2 unspecified atom stereocenters. The lowest BCUT2D eigenvalue weighted by atomic mass is 10.0. The van der Waals surface area contributed by atoms with Gasteiger partial charge in [-0.25, -0.2) is 0 Å². The van der Waals surface area contributed by atoms with Gasteiger partial charge in [0.2, 0.25) is 5.88 Å². The Balaban J connectivity index is 1.90. The number of ether oxygens (including phenoxy) is 1. The van der Waals surface area contributed by atoms with Crippen molar-refractivity contribution >= 4 is 5.82 Å². The van der Waals surface area contributed by atoms with E-state index >= 15 is 0 Å². The van der Waals surface area contributed by atoms with Crippen LogP contribution >= 0.6 is 0 Å². The molecule has 0 saturated heterocycles. The van der Waals surface area contributed by atoms with Crippen LogP contribution in [0.15, 0.2) is 12.4 Å². The second-order valence-electron chi connectivity index (χ2n) is 5.27. The SMILES string of the molecule is CC1CCCC(Nc2cncc(OCCO)n2)CC1. The van der Waals surface area contributed by atoms with Gasteiger partial charge in [-0.2, -0.15) is 4.98 Å². The molecular formula is C14H23N3O2. The van der Waals surface area contributed by atoms with E-state index in [9.17, 15) is 0 Å². The molecule has 0 bridgehead atoms. The first kappa shape index (κ1) is 14.1. The Labute approximate surface area is 114 Å².